The summed E-state index contributed by atoms with van der Waals surface area (Å²) in [7, 11) is 0. The molecule has 2 aliphatic rings. The second kappa shape index (κ2) is 8.94. The molecular formula is C22H27ClN4O2S. The molecule has 2 heterocycles. The van der Waals surface area contributed by atoms with Crippen molar-refractivity contribution in [1.29, 1.82) is 0 Å². The summed E-state index contributed by atoms with van der Waals surface area (Å²) in [6, 6.07) is 5.56. The van der Waals surface area contributed by atoms with Crippen molar-refractivity contribution in [3.63, 3.8) is 0 Å². The van der Waals surface area contributed by atoms with Gasteiger partial charge in [0.2, 0.25) is 11.8 Å². The Morgan fingerprint density at radius 3 is 2.73 bits per heavy atom. The van der Waals surface area contributed by atoms with E-state index in [1.54, 1.807) is 11.3 Å². The van der Waals surface area contributed by atoms with Crippen LogP contribution in [0, 0.1) is 12.8 Å². The first-order valence-corrected chi connectivity index (χ1v) is 11.7. The third kappa shape index (κ3) is 4.47. The van der Waals surface area contributed by atoms with Gasteiger partial charge in [-0.3, -0.25) is 9.59 Å². The Morgan fingerprint density at radius 2 is 2.03 bits per heavy atom. The van der Waals surface area contributed by atoms with Gasteiger partial charge < -0.3 is 15.1 Å². The number of nitrogens with zero attached hydrogens (tertiary/aromatic N) is 3. The molecule has 160 valence electrons. The number of hydrogen-bond acceptors (Lipinski definition) is 5. The highest BCUT2D eigenvalue weighted by molar-refractivity contribution is 7.15. The predicted octanol–water partition coefficient (Wildman–Crippen LogP) is 3.91. The number of aryl methyl sites for hydroxylation is 2. The molecular weight excluding hydrogens is 420 g/mol. The minimum absolute atomic E-state index is 0.0409. The molecule has 1 atom stereocenters. The smallest absolute Gasteiger partial charge is 0.227 e. The van der Waals surface area contributed by atoms with Crippen LogP contribution >= 0.6 is 22.9 Å². The fourth-order valence-electron chi connectivity index (χ4n) is 4.06. The molecule has 1 aromatic heterocycles. The summed E-state index contributed by atoms with van der Waals surface area (Å²) >= 11 is 7.78. The number of anilines is 2. The lowest BCUT2D eigenvalue weighted by Crippen LogP contribution is -2.48. The Kier molecular flexibility index (Phi) is 6.29. The first kappa shape index (κ1) is 21.1. The van der Waals surface area contributed by atoms with E-state index in [0.29, 0.717) is 11.4 Å². The minimum atomic E-state index is -0.0409. The number of amides is 2. The highest BCUT2D eigenvalue weighted by atomic mass is 35.5. The fourth-order valence-corrected chi connectivity index (χ4v) is 5.41. The van der Waals surface area contributed by atoms with Gasteiger partial charge in [-0.25, -0.2) is 4.98 Å². The molecule has 4 rings (SSSR count). The van der Waals surface area contributed by atoms with Crippen molar-refractivity contribution in [2.45, 2.75) is 39.5 Å². The zero-order valence-electron chi connectivity index (χ0n) is 17.4. The van der Waals surface area contributed by atoms with E-state index in [1.807, 2.05) is 36.9 Å². The Morgan fingerprint density at radius 1 is 1.27 bits per heavy atom. The number of piperazine rings is 1. The van der Waals surface area contributed by atoms with E-state index in [2.05, 4.69) is 10.2 Å². The van der Waals surface area contributed by atoms with E-state index in [4.69, 9.17) is 16.6 Å². The molecule has 0 saturated carbocycles. The lowest BCUT2D eigenvalue weighted by Gasteiger charge is -2.34. The summed E-state index contributed by atoms with van der Waals surface area (Å²) in [6.45, 7) is 6.98. The zero-order valence-corrected chi connectivity index (χ0v) is 19.0. The van der Waals surface area contributed by atoms with Crippen molar-refractivity contribution >= 4 is 45.6 Å². The number of halogens is 1. The molecule has 0 radical (unpaired) electrons. The van der Waals surface area contributed by atoms with Crippen molar-refractivity contribution in [3.05, 3.63) is 39.4 Å². The first-order valence-electron chi connectivity index (χ1n) is 10.5. The number of carbonyl (C=O) groups is 2. The van der Waals surface area contributed by atoms with Crippen LogP contribution in [0.1, 0.15) is 35.9 Å². The average molecular weight is 447 g/mol. The third-order valence-corrected chi connectivity index (χ3v) is 7.53. The number of fused-ring (bicyclic) bond motifs is 1. The van der Waals surface area contributed by atoms with Crippen LogP contribution in [-0.2, 0) is 22.4 Å². The fraction of sp³-hybridized carbons (Fsp3) is 0.500. The van der Waals surface area contributed by atoms with Crippen molar-refractivity contribution in [1.82, 2.24) is 9.88 Å². The SMILES string of the molecule is CCC(=O)N1CCN(c2nc3c(s2)C[C@@H](C(=O)Nc2ccc(Cl)c(C)c2)CC3)CC1. The van der Waals surface area contributed by atoms with E-state index >= 15 is 0 Å². The number of rotatable bonds is 4. The lowest BCUT2D eigenvalue weighted by molar-refractivity contribution is -0.131. The maximum atomic E-state index is 12.8. The summed E-state index contributed by atoms with van der Waals surface area (Å²) < 4.78 is 0. The van der Waals surface area contributed by atoms with Crippen LogP contribution in [-0.4, -0.2) is 47.9 Å². The predicted molar refractivity (Wildman–Crippen MR) is 122 cm³/mol. The van der Waals surface area contributed by atoms with Gasteiger partial charge >= 0.3 is 0 Å². The highest BCUT2D eigenvalue weighted by Gasteiger charge is 2.29. The Hall–Kier alpha value is -2.12. The quantitative estimate of drug-likeness (QED) is 0.773. The van der Waals surface area contributed by atoms with Gasteiger partial charge in [-0.2, -0.15) is 0 Å². The maximum Gasteiger partial charge on any atom is 0.227 e. The zero-order chi connectivity index (χ0) is 21.3. The van der Waals surface area contributed by atoms with Gasteiger partial charge in [-0.1, -0.05) is 18.5 Å². The second-order valence-electron chi connectivity index (χ2n) is 7.98. The average Bonchev–Trinajstić information content (AvgIpc) is 3.19. The van der Waals surface area contributed by atoms with Crippen LogP contribution in [0.3, 0.4) is 0 Å². The summed E-state index contributed by atoms with van der Waals surface area (Å²) in [6.07, 6.45) is 2.94. The summed E-state index contributed by atoms with van der Waals surface area (Å²) in [5, 5.41) is 4.77. The molecule has 8 heteroatoms. The normalized spacial score (nSPS) is 18.8. The summed E-state index contributed by atoms with van der Waals surface area (Å²) in [4.78, 5) is 35.0. The molecule has 1 aliphatic carbocycles. The van der Waals surface area contributed by atoms with Gasteiger partial charge in [0.25, 0.3) is 0 Å². The molecule has 0 spiro atoms. The molecule has 1 aliphatic heterocycles. The van der Waals surface area contributed by atoms with Gasteiger partial charge in [-0.15, -0.1) is 11.3 Å². The number of aromatic nitrogens is 1. The lowest BCUT2D eigenvalue weighted by atomic mass is 9.90. The Bertz CT molecular complexity index is 953. The molecule has 1 saturated heterocycles. The van der Waals surface area contributed by atoms with Crippen LogP contribution in [0.4, 0.5) is 10.8 Å². The molecule has 2 amide bonds. The number of hydrogen-bond donors (Lipinski definition) is 1. The highest BCUT2D eigenvalue weighted by Crippen LogP contribution is 2.35. The van der Waals surface area contributed by atoms with E-state index in [-0.39, 0.29) is 17.7 Å². The van der Waals surface area contributed by atoms with Crippen molar-refractivity contribution in [2.24, 2.45) is 5.92 Å². The van der Waals surface area contributed by atoms with E-state index in [1.165, 1.54) is 4.88 Å². The molecule has 1 N–H and O–H groups in total. The Labute approximate surface area is 186 Å². The monoisotopic (exact) mass is 446 g/mol. The topological polar surface area (TPSA) is 65.5 Å². The molecule has 30 heavy (non-hydrogen) atoms. The minimum Gasteiger partial charge on any atom is -0.345 e. The second-order valence-corrected chi connectivity index (χ2v) is 9.45. The summed E-state index contributed by atoms with van der Waals surface area (Å²) in [5.74, 6) is 0.239. The van der Waals surface area contributed by atoms with Crippen LogP contribution in [0.5, 0.6) is 0 Å². The van der Waals surface area contributed by atoms with Crippen LogP contribution in [0.25, 0.3) is 0 Å². The molecule has 1 aromatic carbocycles. The number of carbonyl (C=O) groups excluding carboxylic acids is 2. The summed E-state index contributed by atoms with van der Waals surface area (Å²) in [5.41, 5.74) is 2.87. The number of thiazole rings is 1. The van der Waals surface area contributed by atoms with Crippen molar-refractivity contribution < 1.29 is 9.59 Å². The van der Waals surface area contributed by atoms with Gasteiger partial charge in [0.15, 0.2) is 5.13 Å². The van der Waals surface area contributed by atoms with Gasteiger partial charge in [0.05, 0.1) is 5.69 Å². The molecule has 0 bridgehead atoms. The van der Waals surface area contributed by atoms with Crippen LogP contribution < -0.4 is 10.2 Å². The van der Waals surface area contributed by atoms with Crippen molar-refractivity contribution in [3.8, 4) is 0 Å². The molecule has 1 fully saturated rings. The van der Waals surface area contributed by atoms with Crippen molar-refractivity contribution in [2.75, 3.05) is 36.4 Å². The van der Waals surface area contributed by atoms with Gasteiger partial charge in [-0.05, 0) is 49.9 Å². The third-order valence-electron chi connectivity index (χ3n) is 5.93. The van der Waals surface area contributed by atoms with Crippen LogP contribution in [0.15, 0.2) is 18.2 Å². The maximum absolute atomic E-state index is 12.8. The van der Waals surface area contributed by atoms with E-state index < -0.39 is 0 Å². The molecule has 6 nitrogen and oxygen atoms in total. The largest absolute Gasteiger partial charge is 0.345 e. The Balaban J connectivity index is 1.37. The van der Waals surface area contributed by atoms with Crippen LogP contribution in [0.2, 0.25) is 5.02 Å². The van der Waals surface area contributed by atoms with E-state index in [9.17, 15) is 9.59 Å². The van der Waals surface area contributed by atoms with Gasteiger partial charge in [0, 0.05) is 54.1 Å². The van der Waals surface area contributed by atoms with Gasteiger partial charge in [0.1, 0.15) is 0 Å². The van der Waals surface area contributed by atoms with E-state index in [0.717, 1.165) is 67.5 Å². The number of nitrogens with one attached hydrogen (secondary N) is 1. The molecule has 0 unspecified atom stereocenters. The number of benzene rings is 1. The standard InChI is InChI=1S/C22H27ClN4O2S/c1-3-20(28)26-8-10-27(11-9-26)22-25-18-7-4-15(13-19(18)30-22)21(29)24-16-5-6-17(23)14(2)12-16/h5-6,12,15H,3-4,7-11,13H2,1-2H3,(H,24,29)/t15-/m0/s1. The first-order chi connectivity index (χ1) is 14.4. The molecule has 2 aromatic rings.